The molecule has 0 amide bonds. The molecule has 2 aromatic heterocycles. The third kappa shape index (κ3) is 2.89. The van der Waals surface area contributed by atoms with E-state index in [9.17, 15) is 5.26 Å². The average molecular weight is 270 g/mol. The number of aromatic nitrogens is 5. The first-order valence-corrected chi connectivity index (χ1v) is 5.79. The highest BCUT2D eigenvalue weighted by Gasteiger charge is 2.11. The Kier molecular flexibility index (Phi) is 3.61. The number of hydrogen-bond acceptors (Lipinski definition) is 7. The van der Waals surface area contributed by atoms with Crippen LogP contribution in [0.2, 0.25) is 0 Å². The molecule has 0 aliphatic carbocycles. The first-order chi connectivity index (χ1) is 9.49. The highest BCUT2D eigenvalue weighted by Crippen LogP contribution is 2.16. The van der Waals surface area contributed by atoms with Crippen molar-refractivity contribution in [2.75, 3.05) is 24.7 Å². The molecule has 0 saturated heterocycles. The number of aryl methyl sites for hydroxylation is 1. The van der Waals surface area contributed by atoms with Gasteiger partial charge in [0.05, 0.1) is 11.8 Å². The fraction of sp³-hybridized carbons (Fsp3) is 0.250. The van der Waals surface area contributed by atoms with E-state index in [2.05, 4.69) is 26.1 Å². The molecule has 0 saturated carbocycles. The van der Waals surface area contributed by atoms with Crippen molar-refractivity contribution < 1.29 is 0 Å². The van der Waals surface area contributed by atoms with E-state index < -0.39 is 0 Å². The van der Waals surface area contributed by atoms with Gasteiger partial charge in [-0.25, -0.2) is 0 Å². The second-order valence-electron chi connectivity index (χ2n) is 4.33. The van der Waals surface area contributed by atoms with E-state index in [0.29, 0.717) is 11.5 Å². The van der Waals surface area contributed by atoms with Crippen LogP contribution in [0, 0.1) is 11.3 Å². The van der Waals surface area contributed by atoms with Crippen molar-refractivity contribution in [3.8, 4) is 6.07 Å². The number of anilines is 2. The van der Waals surface area contributed by atoms with Crippen LogP contribution in [0.5, 0.6) is 0 Å². The minimum atomic E-state index is 0.0750. The molecule has 2 aromatic rings. The van der Waals surface area contributed by atoms with Crippen LogP contribution < -0.4 is 10.6 Å². The van der Waals surface area contributed by atoms with Gasteiger partial charge >= 0.3 is 0 Å². The quantitative estimate of drug-likeness (QED) is 0.799. The largest absolute Gasteiger partial charge is 0.368 e. The van der Waals surface area contributed by atoms with Gasteiger partial charge in [0.1, 0.15) is 6.07 Å². The van der Waals surface area contributed by atoms with E-state index in [1.165, 1.54) is 0 Å². The van der Waals surface area contributed by atoms with Gasteiger partial charge in [-0.05, 0) is 6.08 Å². The Morgan fingerprint density at radius 2 is 2.15 bits per heavy atom. The number of rotatable bonds is 3. The Morgan fingerprint density at radius 1 is 1.40 bits per heavy atom. The molecule has 0 bridgehead atoms. The molecule has 20 heavy (non-hydrogen) atoms. The molecule has 102 valence electrons. The molecular formula is C12H14N8. The highest BCUT2D eigenvalue weighted by atomic mass is 15.3. The molecule has 0 fully saturated rings. The summed E-state index contributed by atoms with van der Waals surface area (Å²) in [4.78, 5) is 13.9. The highest BCUT2D eigenvalue weighted by molar-refractivity contribution is 5.87. The van der Waals surface area contributed by atoms with E-state index in [1.54, 1.807) is 49.2 Å². The molecule has 2 N–H and O–H groups in total. The summed E-state index contributed by atoms with van der Waals surface area (Å²) in [5.41, 5.74) is 6.73. The number of nitrogens with two attached hydrogens (primary N) is 1. The summed E-state index contributed by atoms with van der Waals surface area (Å²) in [5.74, 6) is 0.721. The molecular weight excluding hydrogens is 256 g/mol. The number of allylic oxidation sites excluding steroid dienone is 1. The van der Waals surface area contributed by atoms with Crippen molar-refractivity contribution >= 4 is 23.5 Å². The minimum absolute atomic E-state index is 0.0750. The Bertz CT molecular complexity index is 692. The summed E-state index contributed by atoms with van der Waals surface area (Å²) in [6.07, 6.45) is 5.09. The monoisotopic (exact) mass is 270 g/mol. The maximum atomic E-state index is 9.27. The number of hydrogen-bond donors (Lipinski definition) is 1. The van der Waals surface area contributed by atoms with E-state index in [4.69, 9.17) is 5.73 Å². The zero-order valence-corrected chi connectivity index (χ0v) is 11.4. The number of nitrogens with zero attached hydrogens (tertiary/aromatic N) is 7. The minimum Gasteiger partial charge on any atom is -0.368 e. The van der Waals surface area contributed by atoms with Crippen molar-refractivity contribution in [1.29, 1.82) is 5.26 Å². The summed E-state index contributed by atoms with van der Waals surface area (Å²) >= 11 is 0. The van der Waals surface area contributed by atoms with Crippen LogP contribution in [-0.2, 0) is 7.05 Å². The van der Waals surface area contributed by atoms with Crippen LogP contribution in [-0.4, -0.2) is 38.8 Å². The van der Waals surface area contributed by atoms with E-state index in [0.717, 1.165) is 5.56 Å². The molecule has 0 spiro atoms. The van der Waals surface area contributed by atoms with Gasteiger partial charge in [-0.3, -0.25) is 4.68 Å². The predicted octanol–water partition coefficient (Wildman–Crippen LogP) is 0.317. The summed E-state index contributed by atoms with van der Waals surface area (Å²) < 4.78 is 1.65. The van der Waals surface area contributed by atoms with Crippen molar-refractivity contribution in [1.82, 2.24) is 24.7 Å². The standard InChI is InChI=1S/C12H14N8/c1-19(2)12-17-10(16-11(14)18-12)9(5-13)4-8-6-15-20(3)7-8/h4,6-7H,1-3H3,(H2,14,16,17,18). The van der Waals surface area contributed by atoms with E-state index in [-0.39, 0.29) is 11.8 Å². The fourth-order valence-corrected chi connectivity index (χ4v) is 1.53. The first kappa shape index (κ1) is 13.5. The molecule has 8 heteroatoms. The maximum Gasteiger partial charge on any atom is 0.230 e. The summed E-state index contributed by atoms with van der Waals surface area (Å²) in [7, 11) is 5.37. The van der Waals surface area contributed by atoms with Crippen molar-refractivity contribution in [2.24, 2.45) is 7.05 Å². The van der Waals surface area contributed by atoms with Crippen LogP contribution in [0.1, 0.15) is 11.4 Å². The fourth-order valence-electron chi connectivity index (χ4n) is 1.53. The lowest BCUT2D eigenvalue weighted by Crippen LogP contribution is -2.15. The van der Waals surface area contributed by atoms with Gasteiger partial charge in [0.15, 0.2) is 5.82 Å². The molecule has 0 aliphatic rings. The second-order valence-corrected chi connectivity index (χ2v) is 4.33. The predicted molar refractivity (Wildman–Crippen MR) is 75.3 cm³/mol. The van der Waals surface area contributed by atoms with Gasteiger partial charge in [-0.15, -0.1) is 0 Å². The van der Waals surface area contributed by atoms with E-state index >= 15 is 0 Å². The molecule has 0 unspecified atom stereocenters. The van der Waals surface area contributed by atoms with Crippen molar-refractivity contribution in [3.05, 3.63) is 23.8 Å². The Hall–Kier alpha value is -2.95. The van der Waals surface area contributed by atoms with Crippen molar-refractivity contribution in [3.63, 3.8) is 0 Å². The normalized spacial score (nSPS) is 11.2. The molecule has 0 aromatic carbocycles. The zero-order valence-electron chi connectivity index (χ0n) is 11.4. The van der Waals surface area contributed by atoms with Gasteiger partial charge in [0, 0.05) is 32.9 Å². The topological polar surface area (TPSA) is 110 Å². The lowest BCUT2D eigenvalue weighted by atomic mass is 10.2. The Balaban J connectivity index is 2.47. The molecule has 0 aliphatic heterocycles. The summed E-state index contributed by atoms with van der Waals surface area (Å²) in [5, 5.41) is 13.3. The van der Waals surface area contributed by atoms with Crippen LogP contribution in [0.25, 0.3) is 11.6 Å². The zero-order chi connectivity index (χ0) is 14.7. The maximum absolute atomic E-state index is 9.27. The second kappa shape index (κ2) is 5.36. The van der Waals surface area contributed by atoms with E-state index in [1.807, 2.05) is 0 Å². The molecule has 0 radical (unpaired) electrons. The molecule has 0 atom stereocenters. The van der Waals surface area contributed by atoms with Crippen LogP contribution >= 0.6 is 0 Å². The number of nitrogen functional groups attached to an aromatic ring is 1. The lowest BCUT2D eigenvalue weighted by Gasteiger charge is -2.10. The van der Waals surface area contributed by atoms with Gasteiger partial charge in [-0.1, -0.05) is 0 Å². The average Bonchev–Trinajstić information content (AvgIpc) is 2.80. The molecule has 8 nitrogen and oxygen atoms in total. The SMILES string of the molecule is CN(C)c1nc(N)nc(C(C#N)=Cc2cnn(C)c2)n1. The summed E-state index contributed by atoms with van der Waals surface area (Å²) in [6.45, 7) is 0. The van der Waals surface area contributed by atoms with Crippen molar-refractivity contribution in [2.45, 2.75) is 0 Å². The summed E-state index contributed by atoms with van der Waals surface area (Å²) in [6, 6.07) is 2.07. The van der Waals surface area contributed by atoms with Crippen LogP contribution in [0.4, 0.5) is 11.9 Å². The van der Waals surface area contributed by atoms with Gasteiger partial charge in [0.25, 0.3) is 0 Å². The van der Waals surface area contributed by atoms with Gasteiger partial charge < -0.3 is 10.6 Å². The van der Waals surface area contributed by atoms with Gasteiger partial charge in [0.2, 0.25) is 11.9 Å². The Morgan fingerprint density at radius 3 is 2.70 bits per heavy atom. The lowest BCUT2D eigenvalue weighted by molar-refractivity contribution is 0.767. The molecule has 2 rings (SSSR count). The van der Waals surface area contributed by atoms with Gasteiger partial charge in [-0.2, -0.15) is 25.3 Å². The number of nitriles is 1. The third-order valence-corrected chi connectivity index (χ3v) is 2.44. The van der Waals surface area contributed by atoms with Crippen LogP contribution in [0.15, 0.2) is 12.4 Å². The molecule has 2 heterocycles. The third-order valence-electron chi connectivity index (χ3n) is 2.44. The Labute approximate surface area is 116 Å². The first-order valence-electron chi connectivity index (χ1n) is 5.79. The van der Waals surface area contributed by atoms with Crippen LogP contribution in [0.3, 0.4) is 0 Å². The smallest absolute Gasteiger partial charge is 0.230 e.